The van der Waals surface area contributed by atoms with Gasteiger partial charge in [-0.05, 0) is 24.6 Å². The highest BCUT2D eigenvalue weighted by molar-refractivity contribution is 6.35. The number of nitrogens with zero attached hydrogens (tertiary/aromatic N) is 1. The third kappa shape index (κ3) is 3.91. The predicted molar refractivity (Wildman–Crippen MR) is 68.4 cm³/mol. The van der Waals surface area contributed by atoms with Gasteiger partial charge in [-0.3, -0.25) is 0 Å². The van der Waals surface area contributed by atoms with E-state index >= 15 is 0 Å². The van der Waals surface area contributed by atoms with Crippen LogP contribution in [0.25, 0.3) is 0 Å². The van der Waals surface area contributed by atoms with Crippen LogP contribution in [0.4, 0.5) is 10.5 Å². The first-order valence-electron chi connectivity index (χ1n) is 5.01. The lowest BCUT2D eigenvalue weighted by molar-refractivity contribution is 0.222. The Morgan fingerprint density at radius 1 is 1.31 bits per heavy atom. The topological polar surface area (TPSA) is 32.3 Å². The lowest BCUT2D eigenvalue weighted by Crippen LogP contribution is -2.31. The highest BCUT2D eigenvalue weighted by Crippen LogP contribution is 2.22. The van der Waals surface area contributed by atoms with Crippen molar-refractivity contribution in [2.45, 2.75) is 13.3 Å². The minimum atomic E-state index is -0.166. The Labute approximate surface area is 105 Å². The zero-order valence-electron chi connectivity index (χ0n) is 9.26. The second-order valence-corrected chi connectivity index (χ2v) is 4.38. The molecule has 0 aliphatic rings. The van der Waals surface area contributed by atoms with Crippen molar-refractivity contribution in [2.24, 2.45) is 0 Å². The molecule has 1 aromatic rings. The van der Waals surface area contributed by atoms with Crippen LogP contribution in [-0.2, 0) is 0 Å². The molecular weight excluding hydrogens is 247 g/mol. The van der Waals surface area contributed by atoms with Crippen LogP contribution in [-0.4, -0.2) is 24.5 Å². The van der Waals surface area contributed by atoms with Gasteiger partial charge in [-0.25, -0.2) is 4.79 Å². The number of rotatable bonds is 3. The number of hydrogen-bond donors (Lipinski definition) is 1. The maximum Gasteiger partial charge on any atom is 0.321 e. The summed E-state index contributed by atoms with van der Waals surface area (Å²) in [7, 11) is 1.74. The molecule has 0 aliphatic heterocycles. The van der Waals surface area contributed by atoms with E-state index in [0.717, 1.165) is 6.42 Å². The Kier molecular flexibility index (Phi) is 4.90. The van der Waals surface area contributed by atoms with Gasteiger partial charge in [-0.2, -0.15) is 0 Å². The molecule has 3 nitrogen and oxygen atoms in total. The van der Waals surface area contributed by atoms with Crippen molar-refractivity contribution in [1.29, 1.82) is 0 Å². The van der Waals surface area contributed by atoms with Gasteiger partial charge in [0.25, 0.3) is 0 Å². The zero-order chi connectivity index (χ0) is 12.1. The molecule has 2 amide bonds. The first kappa shape index (κ1) is 13.1. The molecular formula is C11H14Cl2N2O. The first-order chi connectivity index (χ1) is 7.52. The molecule has 0 aromatic heterocycles. The number of nitrogens with one attached hydrogen (secondary N) is 1. The van der Waals surface area contributed by atoms with E-state index in [-0.39, 0.29) is 6.03 Å². The highest BCUT2D eigenvalue weighted by atomic mass is 35.5. The SMILES string of the molecule is CCCN(C)C(=O)Nc1cc(Cl)cc(Cl)c1. The number of benzene rings is 1. The van der Waals surface area contributed by atoms with Crippen LogP contribution in [0.5, 0.6) is 0 Å². The van der Waals surface area contributed by atoms with Gasteiger partial charge in [-0.1, -0.05) is 30.1 Å². The predicted octanol–water partition coefficient (Wildman–Crippen LogP) is 3.87. The van der Waals surface area contributed by atoms with Crippen LogP contribution >= 0.6 is 23.2 Å². The van der Waals surface area contributed by atoms with Gasteiger partial charge >= 0.3 is 6.03 Å². The van der Waals surface area contributed by atoms with Crippen molar-refractivity contribution in [3.63, 3.8) is 0 Å². The summed E-state index contributed by atoms with van der Waals surface area (Å²) in [5.41, 5.74) is 0.602. The summed E-state index contributed by atoms with van der Waals surface area (Å²) >= 11 is 11.6. The van der Waals surface area contributed by atoms with Gasteiger partial charge in [0.15, 0.2) is 0 Å². The zero-order valence-corrected chi connectivity index (χ0v) is 10.8. The quantitative estimate of drug-likeness (QED) is 0.880. The molecule has 0 atom stereocenters. The second kappa shape index (κ2) is 5.97. The van der Waals surface area contributed by atoms with Gasteiger partial charge in [0.2, 0.25) is 0 Å². The maximum absolute atomic E-state index is 11.7. The van der Waals surface area contributed by atoms with Crippen LogP contribution in [0.3, 0.4) is 0 Å². The van der Waals surface area contributed by atoms with Crippen LogP contribution in [0.2, 0.25) is 10.0 Å². The van der Waals surface area contributed by atoms with E-state index < -0.39 is 0 Å². The number of carbonyl (C=O) groups is 1. The molecule has 0 radical (unpaired) electrons. The molecule has 0 bridgehead atoms. The van der Waals surface area contributed by atoms with Crippen molar-refractivity contribution < 1.29 is 4.79 Å². The molecule has 5 heteroatoms. The summed E-state index contributed by atoms with van der Waals surface area (Å²) in [5.74, 6) is 0. The lowest BCUT2D eigenvalue weighted by Gasteiger charge is -2.17. The van der Waals surface area contributed by atoms with Gasteiger partial charge < -0.3 is 10.2 Å². The van der Waals surface area contributed by atoms with Gasteiger partial charge in [0.05, 0.1) is 0 Å². The fraction of sp³-hybridized carbons (Fsp3) is 0.364. The van der Waals surface area contributed by atoms with Crippen molar-refractivity contribution in [3.8, 4) is 0 Å². The Balaban J connectivity index is 2.69. The average molecular weight is 261 g/mol. The number of urea groups is 1. The van der Waals surface area contributed by atoms with E-state index in [1.807, 2.05) is 6.92 Å². The van der Waals surface area contributed by atoms with E-state index in [9.17, 15) is 4.79 Å². The van der Waals surface area contributed by atoms with Crippen LogP contribution in [0.15, 0.2) is 18.2 Å². The van der Waals surface area contributed by atoms with Crippen LogP contribution in [0.1, 0.15) is 13.3 Å². The summed E-state index contributed by atoms with van der Waals surface area (Å²) in [4.78, 5) is 13.3. The van der Waals surface area contributed by atoms with Crippen molar-refractivity contribution in [2.75, 3.05) is 18.9 Å². The van der Waals surface area contributed by atoms with Crippen LogP contribution < -0.4 is 5.32 Å². The van der Waals surface area contributed by atoms with E-state index in [1.165, 1.54) is 0 Å². The Morgan fingerprint density at radius 2 is 1.88 bits per heavy atom. The lowest BCUT2D eigenvalue weighted by atomic mass is 10.3. The Morgan fingerprint density at radius 3 is 2.38 bits per heavy atom. The molecule has 0 saturated carbocycles. The third-order valence-electron chi connectivity index (χ3n) is 2.02. The fourth-order valence-electron chi connectivity index (χ4n) is 1.28. The maximum atomic E-state index is 11.7. The van der Waals surface area contributed by atoms with E-state index in [4.69, 9.17) is 23.2 Å². The molecule has 16 heavy (non-hydrogen) atoms. The number of halogens is 2. The van der Waals surface area contributed by atoms with Gasteiger partial charge in [-0.15, -0.1) is 0 Å². The Bertz CT molecular complexity index is 362. The minimum Gasteiger partial charge on any atom is -0.328 e. The molecule has 0 aliphatic carbocycles. The molecule has 1 rings (SSSR count). The molecule has 0 fully saturated rings. The van der Waals surface area contributed by atoms with E-state index in [0.29, 0.717) is 22.3 Å². The molecule has 0 spiro atoms. The largest absolute Gasteiger partial charge is 0.328 e. The minimum absolute atomic E-state index is 0.166. The number of hydrogen-bond acceptors (Lipinski definition) is 1. The summed E-state index contributed by atoms with van der Waals surface area (Å²) < 4.78 is 0. The fourth-order valence-corrected chi connectivity index (χ4v) is 1.81. The summed E-state index contributed by atoms with van der Waals surface area (Å²) in [5, 5.41) is 3.73. The molecule has 0 unspecified atom stereocenters. The van der Waals surface area contributed by atoms with Crippen LogP contribution in [0, 0.1) is 0 Å². The van der Waals surface area contributed by atoms with E-state index in [2.05, 4.69) is 5.32 Å². The smallest absolute Gasteiger partial charge is 0.321 e. The normalized spacial score (nSPS) is 10.0. The average Bonchev–Trinajstić information content (AvgIpc) is 2.16. The number of anilines is 1. The van der Waals surface area contributed by atoms with Crippen molar-refractivity contribution >= 4 is 34.9 Å². The summed E-state index contributed by atoms with van der Waals surface area (Å²) in [6.07, 6.45) is 0.917. The van der Waals surface area contributed by atoms with Gasteiger partial charge in [0.1, 0.15) is 0 Å². The Hall–Kier alpha value is -0.930. The molecule has 1 N–H and O–H groups in total. The standard InChI is InChI=1S/C11H14Cl2N2O/c1-3-4-15(2)11(16)14-10-6-8(12)5-9(13)7-10/h5-7H,3-4H2,1-2H3,(H,14,16). The third-order valence-corrected chi connectivity index (χ3v) is 2.46. The second-order valence-electron chi connectivity index (χ2n) is 3.51. The number of amides is 2. The first-order valence-corrected chi connectivity index (χ1v) is 5.76. The highest BCUT2D eigenvalue weighted by Gasteiger charge is 2.08. The molecule has 1 aromatic carbocycles. The summed E-state index contributed by atoms with van der Waals surface area (Å²) in [6, 6.07) is 4.77. The molecule has 0 saturated heterocycles. The monoisotopic (exact) mass is 260 g/mol. The number of carbonyl (C=O) groups excluding carboxylic acids is 1. The van der Waals surface area contributed by atoms with Crippen molar-refractivity contribution in [1.82, 2.24) is 4.90 Å². The van der Waals surface area contributed by atoms with Gasteiger partial charge in [0, 0.05) is 29.3 Å². The molecule has 0 heterocycles. The summed E-state index contributed by atoms with van der Waals surface area (Å²) in [6.45, 7) is 2.72. The van der Waals surface area contributed by atoms with E-state index in [1.54, 1.807) is 30.1 Å². The van der Waals surface area contributed by atoms with Crippen molar-refractivity contribution in [3.05, 3.63) is 28.2 Å². The molecule has 88 valence electrons.